The fourth-order valence-corrected chi connectivity index (χ4v) is 13.6. The molecule has 16 rings (SSSR count). The zero-order valence-electron chi connectivity index (χ0n) is 44.8. The summed E-state index contributed by atoms with van der Waals surface area (Å²) in [5, 5.41) is 7.50. The van der Waals surface area contributed by atoms with Crippen LogP contribution in [0.1, 0.15) is 52.7 Å². The molecule has 2 aromatic heterocycles. The smallest absolute Gasteiger partial charge is 0.252 e. The van der Waals surface area contributed by atoms with Crippen LogP contribution in [0.2, 0.25) is 0 Å². The molecule has 3 aliphatic rings. The van der Waals surface area contributed by atoms with Gasteiger partial charge in [-0.2, -0.15) is 0 Å². The first kappa shape index (κ1) is 45.0. The van der Waals surface area contributed by atoms with E-state index >= 15 is 0 Å². The van der Waals surface area contributed by atoms with Gasteiger partial charge in [-0.05, 0) is 152 Å². The fraction of sp³-hybridized carbons (Fsp3) is 0.111. The van der Waals surface area contributed by atoms with Gasteiger partial charge in [-0.25, -0.2) is 0 Å². The molecule has 6 heteroatoms. The minimum Gasteiger partial charge on any atom is -0.311 e. The summed E-state index contributed by atoms with van der Waals surface area (Å²) in [5.41, 5.74) is 24.0. The normalized spacial score (nSPS) is 13.4. The second-order valence-corrected chi connectivity index (χ2v) is 23.8. The minimum atomic E-state index is -0.0951. The molecule has 0 saturated heterocycles. The summed E-state index contributed by atoms with van der Waals surface area (Å²) in [4.78, 5) is 7.65. The lowest BCUT2D eigenvalue weighted by Crippen LogP contribution is -2.61. The predicted molar refractivity (Wildman–Crippen MR) is 332 cm³/mol. The van der Waals surface area contributed by atoms with Gasteiger partial charge in [0.2, 0.25) is 0 Å². The second kappa shape index (κ2) is 16.1. The highest BCUT2D eigenvalue weighted by atomic mass is 15.2. The molecule has 0 saturated carbocycles. The van der Waals surface area contributed by atoms with Crippen LogP contribution in [0.3, 0.4) is 0 Å². The van der Waals surface area contributed by atoms with E-state index in [2.05, 4.69) is 296 Å². The van der Waals surface area contributed by atoms with E-state index in [0.717, 1.165) is 39.8 Å². The second-order valence-electron chi connectivity index (χ2n) is 23.8. The lowest BCUT2D eigenvalue weighted by Gasteiger charge is -2.46. The summed E-state index contributed by atoms with van der Waals surface area (Å²) in [5.74, 6) is 0. The van der Waals surface area contributed by atoms with Crippen LogP contribution in [0.4, 0.5) is 51.2 Å². The van der Waals surface area contributed by atoms with Crippen LogP contribution in [0.5, 0.6) is 0 Å². The molecule has 13 aromatic rings. The quantitative estimate of drug-likeness (QED) is 0.160. The van der Waals surface area contributed by atoms with Crippen molar-refractivity contribution in [3.63, 3.8) is 0 Å². The van der Waals surface area contributed by atoms with E-state index in [4.69, 9.17) is 0 Å². The Bertz CT molecular complexity index is 4560. The Kier molecular flexibility index (Phi) is 9.31. The molecule has 0 spiro atoms. The summed E-state index contributed by atoms with van der Waals surface area (Å²) < 4.78 is 5.07. The van der Waals surface area contributed by atoms with Crippen LogP contribution in [0, 0.1) is 0 Å². The molecular weight excluding hydrogens is 946 g/mol. The van der Waals surface area contributed by atoms with Crippen molar-refractivity contribution in [1.29, 1.82) is 0 Å². The maximum atomic E-state index is 2.62. The zero-order chi connectivity index (χ0) is 52.3. The maximum Gasteiger partial charge on any atom is 0.252 e. The van der Waals surface area contributed by atoms with Crippen molar-refractivity contribution < 1.29 is 0 Å². The summed E-state index contributed by atoms with van der Waals surface area (Å²) in [7, 11) is 0. The van der Waals surface area contributed by atoms with E-state index in [1.165, 1.54) is 105 Å². The molecule has 0 N–H and O–H groups in total. The molecule has 0 radical (unpaired) electrons. The van der Waals surface area contributed by atoms with E-state index < -0.39 is 0 Å². The van der Waals surface area contributed by atoms with Gasteiger partial charge in [0.05, 0.1) is 44.8 Å². The first-order valence-electron chi connectivity index (χ1n) is 27.5. The first-order chi connectivity index (χ1) is 38.0. The average molecular weight is 1000 g/mol. The number of hydrogen-bond acceptors (Lipinski definition) is 3. The summed E-state index contributed by atoms with van der Waals surface area (Å²) in [6, 6.07) is 87.1. The number of hydrogen-bond donors (Lipinski definition) is 0. The summed E-state index contributed by atoms with van der Waals surface area (Å²) in [6.45, 7) is 13.8. The molecule has 0 atom stereocenters. The van der Waals surface area contributed by atoms with Crippen molar-refractivity contribution >= 4 is 129 Å². The van der Waals surface area contributed by atoms with Crippen LogP contribution in [-0.4, -0.2) is 15.8 Å². The third kappa shape index (κ3) is 6.37. The van der Waals surface area contributed by atoms with Crippen LogP contribution >= 0.6 is 0 Å². The molecule has 0 amide bonds. The van der Waals surface area contributed by atoms with E-state index in [9.17, 15) is 0 Å². The van der Waals surface area contributed by atoms with E-state index in [0.29, 0.717) is 0 Å². The highest BCUT2D eigenvalue weighted by Crippen LogP contribution is 2.54. The van der Waals surface area contributed by atoms with Crippen LogP contribution < -0.4 is 31.1 Å². The average Bonchev–Trinajstić information content (AvgIpc) is 3.44. The Hall–Kier alpha value is -9.26. The third-order valence-electron chi connectivity index (χ3n) is 17.2. The van der Waals surface area contributed by atoms with E-state index in [1.54, 1.807) is 0 Å². The molecular formula is C72H56BN5. The van der Waals surface area contributed by atoms with Gasteiger partial charge in [0.1, 0.15) is 0 Å². The summed E-state index contributed by atoms with van der Waals surface area (Å²) >= 11 is 0. The Morgan fingerprint density at radius 3 is 1.62 bits per heavy atom. The number of aromatic nitrogens is 2. The predicted octanol–water partition coefficient (Wildman–Crippen LogP) is 17.5. The molecule has 0 unspecified atom stereocenters. The maximum absolute atomic E-state index is 2.62. The van der Waals surface area contributed by atoms with Gasteiger partial charge in [-0.1, -0.05) is 169 Å². The number of nitrogens with zero attached hydrogens (tertiary/aromatic N) is 5. The van der Waals surface area contributed by atoms with Crippen molar-refractivity contribution in [3.8, 4) is 11.4 Å². The highest BCUT2D eigenvalue weighted by Gasteiger charge is 2.47. The van der Waals surface area contributed by atoms with Crippen LogP contribution in [-0.2, 0) is 10.8 Å². The SMILES string of the molecule is CC(C)(C)c1ccc2c(c1)c1cc(C(C)(C)C)ccc1n2-c1ccc2c(c1)N(c1ccc3ccccc3c1)c1cc(N(c3ccccc3)c3ccccc3)cc3c1B2c1cccc2c1N3c1cccc3c4ccccc4n-2c13. The highest BCUT2D eigenvalue weighted by molar-refractivity contribution is 7.00. The van der Waals surface area contributed by atoms with E-state index in [-0.39, 0.29) is 17.5 Å². The Balaban J connectivity index is 1.04. The van der Waals surface area contributed by atoms with Gasteiger partial charge in [0.15, 0.2) is 0 Å². The lowest BCUT2D eigenvalue weighted by atomic mass is 9.33. The molecule has 78 heavy (non-hydrogen) atoms. The van der Waals surface area contributed by atoms with Gasteiger partial charge in [0, 0.05) is 61.4 Å². The number of para-hydroxylation sites is 5. The van der Waals surface area contributed by atoms with Crippen LogP contribution in [0.15, 0.2) is 231 Å². The number of rotatable bonds is 5. The molecule has 5 heterocycles. The van der Waals surface area contributed by atoms with Crippen LogP contribution in [0.25, 0.3) is 65.8 Å². The molecule has 0 fully saturated rings. The Labute approximate surface area is 455 Å². The van der Waals surface area contributed by atoms with Gasteiger partial charge >= 0.3 is 0 Å². The van der Waals surface area contributed by atoms with Gasteiger partial charge in [-0.15, -0.1) is 0 Å². The molecule has 0 aliphatic carbocycles. The number of anilines is 9. The van der Waals surface area contributed by atoms with E-state index in [1.807, 2.05) is 0 Å². The summed E-state index contributed by atoms with van der Waals surface area (Å²) in [6.07, 6.45) is 0. The van der Waals surface area contributed by atoms with Crippen molar-refractivity contribution in [1.82, 2.24) is 9.13 Å². The Morgan fingerprint density at radius 2 is 0.923 bits per heavy atom. The van der Waals surface area contributed by atoms with Gasteiger partial charge < -0.3 is 23.8 Å². The van der Waals surface area contributed by atoms with Crippen molar-refractivity contribution in [2.24, 2.45) is 0 Å². The molecule has 0 bridgehead atoms. The topological polar surface area (TPSA) is 19.6 Å². The minimum absolute atomic E-state index is 0.00708. The number of benzene rings is 11. The molecule has 11 aromatic carbocycles. The largest absolute Gasteiger partial charge is 0.311 e. The fourth-order valence-electron chi connectivity index (χ4n) is 13.6. The van der Waals surface area contributed by atoms with Gasteiger partial charge in [-0.3, -0.25) is 0 Å². The van der Waals surface area contributed by atoms with Gasteiger partial charge in [0.25, 0.3) is 6.71 Å². The monoisotopic (exact) mass is 1000 g/mol. The number of fused-ring (bicyclic) bond motifs is 13. The van der Waals surface area contributed by atoms with Crippen molar-refractivity contribution in [2.75, 3.05) is 14.7 Å². The first-order valence-corrected chi connectivity index (χ1v) is 27.5. The Morgan fingerprint density at radius 1 is 0.346 bits per heavy atom. The standard InChI is InChI=1S/C72H56BN5/c1-71(2,3)47-32-37-61-56(40-47)57-41-48(72(4,5)6)33-38-62(57)75(61)52-35-36-58-65(42-52)76(51-34-31-45-19-13-14-20-46(45)39-51)66-43-53(74(49-21-9-7-10-22-49)50-23-11-8-12-24-50)44-67-68(66)73(58)59-27-18-30-64-70(59)78(67)63-29-17-26-55-54-25-15-16-28-60(54)77(64)69(55)63/h7-44H,1-6H3. The van der Waals surface area contributed by atoms with Crippen molar-refractivity contribution in [2.45, 2.75) is 52.4 Å². The molecule has 5 nitrogen and oxygen atoms in total. The van der Waals surface area contributed by atoms with Crippen molar-refractivity contribution in [3.05, 3.63) is 242 Å². The third-order valence-corrected chi connectivity index (χ3v) is 17.2. The lowest BCUT2D eigenvalue weighted by molar-refractivity contribution is 0.590. The molecule has 3 aliphatic heterocycles. The zero-order valence-corrected chi connectivity index (χ0v) is 44.8. The molecule has 372 valence electrons.